The molecule has 0 saturated carbocycles. The van der Waals surface area contributed by atoms with Crippen LogP contribution in [0.15, 0.2) is 54.6 Å². The van der Waals surface area contributed by atoms with Crippen molar-refractivity contribution >= 4 is 45.6 Å². The molecule has 0 radical (unpaired) electrons. The van der Waals surface area contributed by atoms with Crippen LogP contribution in [0.5, 0.6) is 0 Å². The minimum Gasteiger partial charge on any atom is -0.0675 e. The van der Waals surface area contributed by atoms with Gasteiger partial charge < -0.3 is 0 Å². The van der Waals surface area contributed by atoms with Crippen molar-refractivity contribution in [3.05, 3.63) is 54.6 Å². The van der Waals surface area contributed by atoms with Gasteiger partial charge in [0.25, 0.3) is 0 Å². The summed E-state index contributed by atoms with van der Waals surface area (Å²) in [6.07, 6.45) is 0. The monoisotopic (exact) mass is 316 g/mol. The van der Waals surface area contributed by atoms with Crippen molar-refractivity contribution < 1.29 is 0 Å². The third-order valence-corrected chi connectivity index (χ3v) is 11.7. The summed E-state index contributed by atoms with van der Waals surface area (Å²) in [6, 6.07) is 24.9. The lowest BCUT2D eigenvalue weighted by molar-refractivity contribution is 1.20. The maximum atomic E-state index is 2.51. The summed E-state index contributed by atoms with van der Waals surface area (Å²) in [5.74, 6) is 0. The van der Waals surface area contributed by atoms with Crippen LogP contribution in [0.3, 0.4) is 0 Å². The zero-order valence-electron chi connectivity index (χ0n) is 14.3. The summed E-state index contributed by atoms with van der Waals surface area (Å²) >= 11 is 0. The highest BCUT2D eigenvalue weighted by atomic mass is 28.3. The molecule has 0 saturated heterocycles. The minimum absolute atomic E-state index is 1.34. The zero-order valence-corrected chi connectivity index (χ0v) is 15.3. The van der Waals surface area contributed by atoms with Gasteiger partial charge in [-0.3, -0.25) is 0 Å². The highest BCUT2D eigenvalue weighted by molar-refractivity contribution is 6.92. The molecule has 4 aromatic carbocycles. The fraction of sp³-hybridized carbons (Fsp3) is 0.273. The van der Waals surface area contributed by atoms with E-state index >= 15 is 0 Å². The standard InChI is InChI=1S/C22H24Si/c1-4-23(5-2,6-3)20-14-18-12-10-16-8-7-9-17-11-13-19(15-20)22(18)21(16)17/h7-15H,4-6H2,1-3H3. The van der Waals surface area contributed by atoms with E-state index in [1.54, 1.807) is 5.19 Å². The smallest absolute Gasteiger partial charge is 0.0675 e. The van der Waals surface area contributed by atoms with Crippen LogP contribution in [0, 0.1) is 0 Å². The van der Waals surface area contributed by atoms with Crippen molar-refractivity contribution in [1.82, 2.24) is 0 Å². The Labute approximate surface area is 139 Å². The lowest BCUT2D eigenvalue weighted by Gasteiger charge is -2.29. The first-order valence-corrected chi connectivity index (χ1v) is 11.5. The van der Waals surface area contributed by atoms with Crippen LogP contribution < -0.4 is 5.19 Å². The van der Waals surface area contributed by atoms with E-state index in [2.05, 4.69) is 75.4 Å². The van der Waals surface area contributed by atoms with Crippen molar-refractivity contribution in [1.29, 1.82) is 0 Å². The first kappa shape index (κ1) is 14.7. The predicted molar refractivity (Wildman–Crippen MR) is 107 cm³/mol. The molecule has 4 aromatic rings. The van der Waals surface area contributed by atoms with E-state index in [0.29, 0.717) is 0 Å². The summed E-state index contributed by atoms with van der Waals surface area (Å²) in [6.45, 7) is 7.18. The molecule has 0 amide bonds. The molecule has 0 aliphatic carbocycles. The molecule has 0 nitrogen and oxygen atoms in total. The Balaban J connectivity index is 2.11. The Kier molecular flexibility index (Phi) is 3.42. The van der Waals surface area contributed by atoms with E-state index in [4.69, 9.17) is 0 Å². The van der Waals surface area contributed by atoms with Gasteiger partial charge in [-0.2, -0.15) is 0 Å². The van der Waals surface area contributed by atoms with Gasteiger partial charge in [0.1, 0.15) is 0 Å². The maximum Gasteiger partial charge on any atom is 0.0859 e. The quantitative estimate of drug-likeness (QED) is 0.306. The fourth-order valence-corrected chi connectivity index (χ4v) is 8.07. The van der Waals surface area contributed by atoms with Crippen molar-refractivity contribution in [2.45, 2.75) is 38.9 Å². The number of rotatable bonds is 4. The second-order valence-corrected chi connectivity index (χ2v) is 12.1. The second-order valence-electron chi connectivity index (χ2n) is 6.85. The Hall–Kier alpha value is -1.86. The summed E-state index contributed by atoms with van der Waals surface area (Å²) in [5, 5.41) is 10.1. The van der Waals surface area contributed by atoms with Gasteiger partial charge in [-0.05, 0) is 32.3 Å². The Morgan fingerprint density at radius 2 is 1.04 bits per heavy atom. The molecule has 1 heteroatoms. The average Bonchev–Trinajstić information content (AvgIpc) is 2.61. The van der Waals surface area contributed by atoms with E-state index in [-0.39, 0.29) is 0 Å². The molecule has 23 heavy (non-hydrogen) atoms. The van der Waals surface area contributed by atoms with E-state index in [1.165, 1.54) is 50.4 Å². The van der Waals surface area contributed by atoms with Gasteiger partial charge in [-0.15, -0.1) is 0 Å². The molecule has 0 N–H and O–H groups in total. The highest BCUT2D eigenvalue weighted by Gasteiger charge is 2.29. The third kappa shape index (κ3) is 2.03. The van der Waals surface area contributed by atoms with Crippen molar-refractivity contribution in [2.24, 2.45) is 0 Å². The molecule has 0 aromatic heterocycles. The van der Waals surface area contributed by atoms with Crippen LogP contribution in [-0.2, 0) is 0 Å². The summed E-state index contributed by atoms with van der Waals surface area (Å²) in [4.78, 5) is 0. The molecule has 116 valence electrons. The van der Waals surface area contributed by atoms with Crippen LogP contribution >= 0.6 is 0 Å². The minimum atomic E-state index is -1.34. The topological polar surface area (TPSA) is 0 Å². The molecule has 4 rings (SSSR count). The van der Waals surface area contributed by atoms with Crippen LogP contribution in [0.2, 0.25) is 18.1 Å². The molecular weight excluding hydrogens is 292 g/mol. The first-order valence-electron chi connectivity index (χ1n) is 8.90. The lowest BCUT2D eigenvalue weighted by Crippen LogP contribution is -2.45. The van der Waals surface area contributed by atoms with Gasteiger partial charge in [0.2, 0.25) is 0 Å². The molecule has 0 heterocycles. The van der Waals surface area contributed by atoms with Crippen molar-refractivity contribution in [3.8, 4) is 0 Å². The van der Waals surface area contributed by atoms with Gasteiger partial charge in [0.05, 0.1) is 8.07 Å². The largest absolute Gasteiger partial charge is 0.0859 e. The van der Waals surface area contributed by atoms with Crippen LogP contribution in [0.4, 0.5) is 0 Å². The molecular formula is C22H24Si. The van der Waals surface area contributed by atoms with E-state index in [9.17, 15) is 0 Å². The molecule has 0 bridgehead atoms. The van der Waals surface area contributed by atoms with Gasteiger partial charge in [-0.25, -0.2) is 0 Å². The Bertz CT molecular complexity index is 907. The maximum absolute atomic E-state index is 2.51. The van der Waals surface area contributed by atoms with Gasteiger partial charge in [0, 0.05) is 0 Å². The molecule has 0 atom stereocenters. The van der Waals surface area contributed by atoms with Crippen LogP contribution in [-0.4, -0.2) is 8.07 Å². The Morgan fingerprint density at radius 1 is 0.609 bits per heavy atom. The van der Waals surface area contributed by atoms with Crippen molar-refractivity contribution in [3.63, 3.8) is 0 Å². The zero-order chi connectivity index (χ0) is 16.0. The molecule has 0 fully saturated rings. The molecule has 0 spiro atoms. The number of benzene rings is 4. The average molecular weight is 317 g/mol. The number of hydrogen-bond donors (Lipinski definition) is 0. The van der Waals surface area contributed by atoms with Crippen LogP contribution in [0.1, 0.15) is 20.8 Å². The van der Waals surface area contributed by atoms with E-state index in [0.717, 1.165) is 0 Å². The van der Waals surface area contributed by atoms with Crippen molar-refractivity contribution in [2.75, 3.05) is 0 Å². The molecule has 0 aliphatic heterocycles. The third-order valence-electron chi connectivity index (χ3n) is 6.11. The fourth-order valence-electron chi connectivity index (χ4n) is 4.42. The second kappa shape index (κ2) is 5.35. The van der Waals surface area contributed by atoms with Gasteiger partial charge >= 0.3 is 0 Å². The lowest BCUT2D eigenvalue weighted by atomic mass is 9.94. The highest BCUT2D eigenvalue weighted by Crippen LogP contribution is 2.35. The van der Waals surface area contributed by atoms with E-state index < -0.39 is 8.07 Å². The molecule has 0 unspecified atom stereocenters. The summed E-state index contributed by atoms with van der Waals surface area (Å²) < 4.78 is 0. The molecule has 0 aliphatic rings. The normalized spacial score (nSPS) is 12.7. The first-order chi connectivity index (χ1) is 11.2. The Morgan fingerprint density at radius 3 is 1.52 bits per heavy atom. The van der Waals surface area contributed by atoms with Gasteiger partial charge in [-0.1, -0.05) is 98.7 Å². The SMILES string of the molecule is CC[Si](CC)(CC)c1cc2ccc3cccc4ccc(c1)c2c34. The summed E-state index contributed by atoms with van der Waals surface area (Å²) in [7, 11) is -1.34. The summed E-state index contributed by atoms with van der Waals surface area (Å²) in [5.41, 5.74) is 0. The van der Waals surface area contributed by atoms with Gasteiger partial charge in [0.15, 0.2) is 0 Å². The number of hydrogen-bond acceptors (Lipinski definition) is 0. The van der Waals surface area contributed by atoms with Crippen LogP contribution in [0.25, 0.3) is 32.3 Å². The van der Waals surface area contributed by atoms with E-state index in [1.807, 2.05) is 0 Å². The predicted octanol–water partition coefficient (Wildman–Crippen LogP) is 6.30.